The van der Waals surface area contributed by atoms with Crippen LogP contribution < -0.4 is 0 Å². The molecule has 0 aromatic heterocycles. The minimum absolute atomic E-state index is 0.114. The Bertz CT molecular complexity index is 123. The summed E-state index contributed by atoms with van der Waals surface area (Å²) in [5.74, 6) is -0.114. The molecule has 0 fully saturated rings. The third-order valence-electron chi connectivity index (χ3n) is 1.25. The van der Waals surface area contributed by atoms with Gasteiger partial charge in [-0.3, -0.25) is 4.79 Å². The average molecular weight is 157 g/mol. The molecule has 0 atom stereocenters. The molecule has 0 aliphatic rings. The van der Waals surface area contributed by atoms with Crippen molar-refractivity contribution in [2.75, 3.05) is 13.2 Å². The first-order valence-electron chi connectivity index (χ1n) is 3.89. The molecule has 3 nitrogen and oxygen atoms in total. The van der Waals surface area contributed by atoms with Crippen molar-refractivity contribution in [3.05, 3.63) is 0 Å². The zero-order chi connectivity index (χ0) is 8.53. The summed E-state index contributed by atoms with van der Waals surface area (Å²) in [4.78, 5) is 14.4. The van der Waals surface area contributed by atoms with Gasteiger partial charge in [-0.15, -0.1) is 0 Å². The lowest BCUT2D eigenvalue weighted by Crippen LogP contribution is -2.03. The van der Waals surface area contributed by atoms with Crippen molar-refractivity contribution in [3.8, 4) is 0 Å². The van der Waals surface area contributed by atoms with Crippen molar-refractivity contribution in [1.82, 2.24) is 0 Å². The van der Waals surface area contributed by atoms with Gasteiger partial charge < -0.3 is 9.73 Å². The first-order chi connectivity index (χ1) is 5.31. The highest BCUT2D eigenvalue weighted by atomic mass is 16.5. The number of carbonyl (C=O) groups is 1. The van der Waals surface area contributed by atoms with Gasteiger partial charge in [0.25, 0.3) is 0 Å². The van der Waals surface area contributed by atoms with Crippen LogP contribution in [-0.2, 0) is 9.53 Å². The molecule has 0 spiro atoms. The highest BCUT2D eigenvalue weighted by molar-refractivity contribution is 5.69. The standard InChI is InChI=1S/C8H15NO2/c1-3-11-8(10)6-4-5-7-9-2/h2-7H2,1H3. The fraction of sp³-hybridized carbons (Fsp3) is 0.750. The largest absolute Gasteiger partial charge is 0.466 e. The van der Waals surface area contributed by atoms with Gasteiger partial charge in [0.2, 0.25) is 0 Å². The molecule has 11 heavy (non-hydrogen) atoms. The molecule has 0 radical (unpaired) electrons. The van der Waals surface area contributed by atoms with Crippen LogP contribution in [0.3, 0.4) is 0 Å². The zero-order valence-corrected chi connectivity index (χ0v) is 7.01. The van der Waals surface area contributed by atoms with Crippen LogP contribution in [0.5, 0.6) is 0 Å². The monoisotopic (exact) mass is 157 g/mol. The molecule has 0 amide bonds. The number of unbranched alkanes of at least 4 members (excludes halogenated alkanes) is 1. The summed E-state index contributed by atoms with van der Waals surface area (Å²) in [5.41, 5.74) is 0. The lowest BCUT2D eigenvalue weighted by molar-refractivity contribution is -0.143. The van der Waals surface area contributed by atoms with E-state index < -0.39 is 0 Å². The number of hydrogen-bond donors (Lipinski definition) is 0. The van der Waals surface area contributed by atoms with E-state index in [-0.39, 0.29) is 5.97 Å². The molecule has 64 valence electrons. The van der Waals surface area contributed by atoms with Crippen LogP contribution in [0.25, 0.3) is 0 Å². The van der Waals surface area contributed by atoms with Crippen molar-refractivity contribution in [1.29, 1.82) is 0 Å². The van der Waals surface area contributed by atoms with Crippen LogP contribution in [0, 0.1) is 0 Å². The van der Waals surface area contributed by atoms with Gasteiger partial charge in [-0.05, 0) is 26.5 Å². The van der Waals surface area contributed by atoms with Crippen molar-refractivity contribution in [3.63, 3.8) is 0 Å². The van der Waals surface area contributed by atoms with E-state index in [0.29, 0.717) is 13.0 Å². The van der Waals surface area contributed by atoms with E-state index in [1.807, 2.05) is 6.92 Å². The Morgan fingerprint density at radius 2 is 2.27 bits per heavy atom. The smallest absolute Gasteiger partial charge is 0.305 e. The number of esters is 1. The van der Waals surface area contributed by atoms with E-state index >= 15 is 0 Å². The highest BCUT2D eigenvalue weighted by Gasteiger charge is 1.99. The quantitative estimate of drug-likeness (QED) is 0.332. The molecule has 0 aromatic carbocycles. The minimum Gasteiger partial charge on any atom is -0.466 e. The molecular weight excluding hydrogens is 142 g/mol. The maximum atomic E-state index is 10.7. The second-order valence-corrected chi connectivity index (χ2v) is 2.21. The van der Waals surface area contributed by atoms with Crippen LogP contribution in [0.4, 0.5) is 0 Å². The molecule has 0 aromatic rings. The fourth-order valence-electron chi connectivity index (χ4n) is 0.726. The van der Waals surface area contributed by atoms with Crippen LogP contribution in [0.15, 0.2) is 4.99 Å². The van der Waals surface area contributed by atoms with E-state index in [0.717, 1.165) is 19.4 Å². The Balaban J connectivity index is 3.10. The topological polar surface area (TPSA) is 38.7 Å². The Kier molecular flexibility index (Phi) is 6.68. The summed E-state index contributed by atoms with van der Waals surface area (Å²) >= 11 is 0. The first kappa shape index (κ1) is 10.1. The summed E-state index contributed by atoms with van der Waals surface area (Å²) in [6, 6.07) is 0. The van der Waals surface area contributed by atoms with E-state index in [4.69, 9.17) is 4.74 Å². The van der Waals surface area contributed by atoms with Gasteiger partial charge in [0.05, 0.1) is 6.61 Å². The first-order valence-corrected chi connectivity index (χ1v) is 3.89. The summed E-state index contributed by atoms with van der Waals surface area (Å²) < 4.78 is 4.74. The minimum atomic E-state index is -0.114. The number of aliphatic imine (C=N–C) groups is 1. The number of nitrogens with zero attached hydrogens (tertiary/aromatic N) is 1. The number of rotatable bonds is 6. The molecule has 0 unspecified atom stereocenters. The summed E-state index contributed by atoms with van der Waals surface area (Å²) in [6.45, 7) is 6.36. The van der Waals surface area contributed by atoms with Gasteiger partial charge in [0.1, 0.15) is 0 Å². The SMILES string of the molecule is C=NCCCCC(=O)OCC. The van der Waals surface area contributed by atoms with Crippen LogP contribution in [0.1, 0.15) is 26.2 Å². The molecule has 0 aliphatic heterocycles. The lowest BCUT2D eigenvalue weighted by Gasteiger charge is -1.99. The molecule has 0 saturated heterocycles. The lowest BCUT2D eigenvalue weighted by atomic mass is 10.2. The van der Waals surface area contributed by atoms with Crippen molar-refractivity contribution in [2.24, 2.45) is 4.99 Å². The third-order valence-corrected chi connectivity index (χ3v) is 1.25. The second-order valence-electron chi connectivity index (χ2n) is 2.21. The van der Waals surface area contributed by atoms with Crippen molar-refractivity contribution < 1.29 is 9.53 Å². The van der Waals surface area contributed by atoms with Crippen LogP contribution in [0.2, 0.25) is 0 Å². The fourth-order valence-corrected chi connectivity index (χ4v) is 0.726. The van der Waals surface area contributed by atoms with E-state index in [2.05, 4.69) is 11.7 Å². The molecule has 3 heteroatoms. The normalized spacial score (nSPS) is 9.18. The predicted octanol–water partition coefficient (Wildman–Crippen LogP) is 1.42. The molecule has 0 heterocycles. The maximum Gasteiger partial charge on any atom is 0.305 e. The van der Waals surface area contributed by atoms with Gasteiger partial charge in [0, 0.05) is 13.0 Å². The third kappa shape index (κ3) is 7.03. The van der Waals surface area contributed by atoms with Gasteiger partial charge >= 0.3 is 5.97 Å². The summed E-state index contributed by atoms with van der Waals surface area (Å²) in [5, 5.41) is 0. The summed E-state index contributed by atoms with van der Waals surface area (Å²) in [7, 11) is 0. The zero-order valence-electron chi connectivity index (χ0n) is 7.01. The maximum absolute atomic E-state index is 10.7. The van der Waals surface area contributed by atoms with E-state index in [1.165, 1.54) is 0 Å². The Labute approximate surface area is 67.5 Å². The van der Waals surface area contributed by atoms with Gasteiger partial charge in [-0.2, -0.15) is 0 Å². The van der Waals surface area contributed by atoms with E-state index in [1.54, 1.807) is 0 Å². The molecule has 0 aliphatic carbocycles. The predicted molar refractivity (Wildman–Crippen MR) is 44.9 cm³/mol. The number of carbonyl (C=O) groups excluding carboxylic acids is 1. The molecule has 0 bridgehead atoms. The average Bonchev–Trinajstić information content (AvgIpc) is 1.99. The molecular formula is C8H15NO2. The second kappa shape index (κ2) is 7.25. The number of ether oxygens (including phenoxy) is 1. The molecule has 0 saturated carbocycles. The highest BCUT2D eigenvalue weighted by Crippen LogP contribution is 1.97. The molecule has 0 N–H and O–H groups in total. The Morgan fingerprint density at radius 1 is 1.55 bits per heavy atom. The van der Waals surface area contributed by atoms with Gasteiger partial charge in [-0.1, -0.05) is 0 Å². The summed E-state index contributed by atoms with van der Waals surface area (Å²) in [6.07, 6.45) is 2.27. The Hall–Kier alpha value is -0.860. The Morgan fingerprint density at radius 3 is 2.82 bits per heavy atom. The van der Waals surface area contributed by atoms with Gasteiger partial charge in [0.15, 0.2) is 0 Å². The van der Waals surface area contributed by atoms with E-state index in [9.17, 15) is 4.79 Å². The van der Waals surface area contributed by atoms with Gasteiger partial charge in [-0.25, -0.2) is 0 Å². The number of hydrogen-bond acceptors (Lipinski definition) is 3. The van der Waals surface area contributed by atoms with Crippen molar-refractivity contribution >= 4 is 12.7 Å². The van der Waals surface area contributed by atoms with Crippen molar-refractivity contribution in [2.45, 2.75) is 26.2 Å². The van der Waals surface area contributed by atoms with Crippen LogP contribution in [-0.4, -0.2) is 25.8 Å². The van der Waals surface area contributed by atoms with Crippen LogP contribution >= 0.6 is 0 Å². The molecule has 0 rings (SSSR count).